The Labute approximate surface area is 602 Å². The van der Waals surface area contributed by atoms with Crippen molar-refractivity contribution in [1.82, 2.24) is 34.4 Å². The Morgan fingerprint density at radius 2 is 0.901 bits per heavy atom. The van der Waals surface area contributed by atoms with Gasteiger partial charge in [0.15, 0.2) is 0 Å². The molecular weight excluding hydrogens is 1370 g/mol. The lowest BCUT2D eigenvalue weighted by molar-refractivity contribution is 0.0624. The van der Waals surface area contributed by atoms with E-state index < -0.39 is 52.5 Å². The lowest BCUT2D eigenvalue weighted by Gasteiger charge is -2.30. The fraction of sp³-hybridized carbons (Fsp3) is 0.297. The highest BCUT2D eigenvalue weighted by molar-refractivity contribution is 7.52. The minimum atomic E-state index is -1.01. The van der Waals surface area contributed by atoms with Gasteiger partial charge in [0.1, 0.15) is 11.2 Å². The van der Waals surface area contributed by atoms with Gasteiger partial charge in [0.25, 0.3) is 5.91 Å². The molecule has 4 heterocycles. The molecule has 0 spiro atoms. The van der Waals surface area contributed by atoms with E-state index in [9.17, 15) is 19.2 Å². The van der Waals surface area contributed by atoms with E-state index in [0.29, 0.717) is 50.6 Å². The van der Waals surface area contributed by atoms with Crippen molar-refractivity contribution in [3.8, 4) is 33.9 Å². The number of ether oxygens (including phenoxy) is 2. The van der Waals surface area contributed by atoms with Crippen LogP contribution in [-0.2, 0) is 32.6 Å². The Morgan fingerprint density at radius 1 is 0.525 bits per heavy atom. The van der Waals surface area contributed by atoms with Crippen LogP contribution in [0.15, 0.2) is 170 Å². The van der Waals surface area contributed by atoms with Crippen molar-refractivity contribution in [2.24, 2.45) is 5.73 Å². The molecule has 0 bridgehead atoms. The van der Waals surface area contributed by atoms with Crippen LogP contribution in [0, 0.1) is 13.8 Å². The molecule has 4 aromatic heterocycles. The number of aromatic nitrogens is 6. The molecule has 12 rings (SSSR count). The number of fused-ring (bicyclic) bond motifs is 2. The van der Waals surface area contributed by atoms with Crippen LogP contribution < -0.4 is 32.3 Å². The van der Waals surface area contributed by atoms with E-state index in [0.717, 1.165) is 113 Å². The van der Waals surface area contributed by atoms with Crippen molar-refractivity contribution in [1.29, 1.82) is 0 Å². The maximum atomic E-state index is 13.1. The summed E-state index contributed by atoms with van der Waals surface area (Å²) in [5, 5.41) is 27.3. The third-order valence-electron chi connectivity index (χ3n) is 16.2. The molecule has 27 heteroatoms. The molecule has 6 aromatic carbocycles. The molecule has 101 heavy (non-hydrogen) atoms. The Hall–Kier alpha value is -10.2. The molecule has 528 valence electrons. The summed E-state index contributed by atoms with van der Waals surface area (Å²) in [6.45, 7) is 14.9. The topological polar surface area (TPSA) is 323 Å². The molecule has 23 nitrogen and oxygen atoms in total. The van der Waals surface area contributed by atoms with Crippen LogP contribution in [0.5, 0.6) is 0 Å². The van der Waals surface area contributed by atoms with Crippen LogP contribution >= 0.6 is 23.2 Å². The number of nitrogens with two attached hydrogens (primary N) is 1. The van der Waals surface area contributed by atoms with E-state index in [2.05, 4.69) is 132 Å². The first-order chi connectivity index (χ1) is 48.3. The highest BCUT2D eigenvalue weighted by Crippen LogP contribution is 2.41. The van der Waals surface area contributed by atoms with Gasteiger partial charge < -0.3 is 45.4 Å². The van der Waals surface area contributed by atoms with E-state index in [-0.39, 0.29) is 29.6 Å². The predicted octanol–water partition coefficient (Wildman–Crippen LogP) is 15.7. The fourth-order valence-corrected chi connectivity index (χ4v) is 12.4. The van der Waals surface area contributed by atoms with E-state index in [1.54, 1.807) is 78.2 Å². The second-order valence-electron chi connectivity index (χ2n) is 25.9. The zero-order valence-electron chi connectivity index (χ0n) is 57.0. The Kier molecular flexibility index (Phi) is 27.1. The van der Waals surface area contributed by atoms with Crippen molar-refractivity contribution in [3.63, 3.8) is 0 Å². The van der Waals surface area contributed by atoms with Crippen molar-refractivity contribution in [2.45, 2.75) is 142 Å². The summed E-state index contributed by atoms with van der Waals surface area (Å²) in [5.41, 5.74) is 16.7. The number of aromatic carboxylic acids is 1. The Balaban J connectivity index is 0.000000205. The number of nitrogens with one attached hydrogen (secondary N) is 5. The minimum absolute atomic E-state index is 0.00817. The van der Waals surface area contributed by atoms with Gasteiger partial charge in [-0.15, -0.1) is 0 Å². The Bertz CT molecular complexity index is 4570. The van der Waals surface area contributed by atoms with Crippen molar-refractivity contribution in [3.05, 3.63) is 203 Å². The molecule has 3 amide bonds. The molecular formula is C74H80Cl2N12O11S2. The zero-order valence-corrected chi connectivity index (χ0v) is 60.1. The van der Waals surface area contributed by atoms with Gasteiger partial charge in [-0.25, -0.2) is 34.3 Å². The quantitative estimate of drug-likeness (QED) is 0.0564. The number of carbonyl (C=O) groups excluding carboxylic acids is 3. The van der Waals surface area contributed by atoms with Crippen LogP contribution in [0.4, 0.5) is 32.9 Å². The maximum absolute atomic E-state index is 13.1. The SMILES string of the molecule is CC(C)(C)OC(=O)Nc1ccc(C(=O)O)cc1.Cc1c(-c2nc(N[C@@H]3CCC[C@H](N)C3)ncc2Cl)c2ccccc2n1-c1ccccc1.Cc1c(-c2nc(N[C@@H]3CCC[C@H](NC(=O)c4ccc(NC(=O)OC(C)(C)C)cc4)C3)ncc2Cl)c2ccccc2n1-c1ccccc1.O=S=O.O=S=O. The van der Waals surface area contributed by atoms with Crippen molar-refractivity contribution >= 4 is 115 Å². The van der Waals surface area contributed by atoms with Crippen LogP contribution in [0.1, 0.15) is 125 Å². The molecule has 0 saturated heterocycles. The largest absolute Gasteiger partial charge is 0.478 e. The van der Waals surface area contributed by atoms with Gasteiger partial charge in [0.05, 0.1) is 50.4 Å². The van der Waals surface area contributed by atoms with Crippen LogP contribution in [0.3, 0.4) is 0 Å². The molecule has 8 N–H and O–H groups in total. The first-order valence-electron chi connectivity index (χ1n) is 32.5. The number of halogens is 2. The minimum Gasteiger partial charge on any atom is -0.478 e. The lowest BCUT2D eigenvalue weighted by Crippen LogP contribution is -2.42. The summed E-state index contributed by atoms with van der Waals surface area (Å²) in [6, 6.07) is 50.5. The van der Waals surface area contributed by atoms with E-state index in [4.69, 9.17) is 70.3 Å². The monoisotopic (exact) mass is 1450 g/mol. The molecule has 2 aliphatic rings. The number of para-hydroxylation sites is 4. The molecule has 2 saturated carbocycles. The number of benzene rings is 6. The summed E-state index contributed by atoms with van der Waals surface area (Å²) in [6.07, 6.45) is 9.98. The fourth-order valence-electron chi connectivity index (χ4n) is 12.1. The number of hydrogen-bond acceptors (Lipinski definition) is 17. The summed E-state index contributed by atoms with van der Waals surface area (Å²) < 4.78 is 48.0. The van der Waals surface area contributed by atoms with Crippen LogP contribution in [0.2, 0.25) is 10.0 Å². The average Bonchev–Trinajstić information content (AvgIpc) is 1.61. The molecule has 0 radical (unpaired) electrons. The van der Waals surface area contributed by atoms with Crippen LogP contribution in [-0.4, -0.2) is 110 Å². The molecule has 4 atom stereocenters. The number of nitrogens with zero attached hydrogens (tertiary/aromatic N) is 6. The number of anilines is 4. The normalized spacial score (nSPS) is 15.5. The smallest absolute Gasteiger partial charge is 0.412 e. The molecule has 2 fully saturated rings. The van der Waals surface area contributed by atoms with E-state index in [1.807, 2.05) is 36.4 Å². The van der Waals surface area contributed by atoms with Gasteiger partial charge in [0, 0.05) is 85.8 Å². The van der Waals surface area contributed by atoms with Gasteiger partial charge in [-0.1, -0.05) is 96.0 Å². The van der Waals surface area contributed by atoms with Gasteiger partial charge >= 0.3 is 41.3 Å². The number of rotatable bonds is 13. The molecule has 0 aliphatic heterocycles. The summed E-state index contributed by atoms with van der Waals surface area (Å²) in [4.78, 5) is 66.0. The number of hydrogen-bond donors (Lipinski definition) is 7. The third-order valence-corrected chi connectivity index (χ3v) is 16.7. The first kappa shape index (κ1) is 76.6. The molecule has 10 aromatic rings. The number of carboxylic acid groups (broad SMARTS) is 1. The first-order valence-corrected chi connectivity index (χ1v) is 34.6. The highest BCUT2D eigenvalue weighted by atomic mass is 35.5. The van der Waals surface area contributed by atoms with Crippen LogP contribution in [0.25, 0.3) is 55.7 Å². The lowest BCUT2D eigenvalue weighted by atomic mass is 9.91. The third kappa shape index (κ3) is 21.4. The van der Waals surface area contributed by atoms with E-state index >= 15 is 0 Å². The second-order valence-corrected chi connectivity index (χ2v) is 27.0. The summed E-state index contributed by atoms with van der Waals surface area (Å²) in [7, 11) is 0. The van der Waals surface area contributed by atoms with Crippen molar-refractivity contribution in [2.75, 3.05) is 21.3 Å². The predicted molar refractivity (Wildman–Crippen MR) is 396 cm³/mol. The average molecular weight is 1450 g/mol. The summed E-state index contributed by atoms with van der Waals surface area (Å²) >= 11 is 11.9. The van der Waals surface area contributed by atoms with E-state index in [1.165, 1.54) is 24.3 Å². The number of amides is 3. The highest BCUT2D eigenvalue weighted by Gasteiger charge is 2.28. The zero-order chi connectivity index (χ0) is 73.0. The second kappa shape index (κ2) is 35.7. The van der Waals surface area contributed by atoms with Gasteiger partial charge in [0.2, 0.25) is 11.9 Å². The van der Waals surface area contributed by atoms with Gasteiger partial charge in [-0.05, 0) is 192 Å². The Morgan fingerprint density at radius 3 is 1.31 bits per heavy atom. The van der Waals surface area contributed by atoms with Crippen molar-refractivity contribution < 1.29 is 50.6 Å². The van der Waals surface area contributed by atoms with Gasteiger partial charge in [-0.3, -0.25) is 15.4 Å². The van der Waals surface area contributed by atoms with Gasteiger partial charge in [-0.2, -0.15) is 16.8 Å². The number of carboxylic acids is 1. The standard InChI is InChI=1S/C37H39ClN6O3.C25H26ClN5.C12H15NO4.2O2S/c1-23-32(29-15-8-9-16-31(29)44(23)28-13-6-5-7-14-28)33-30(38)22-39-35(43-33)41-27-12-10-11-26(21-27)40-34(45)24-17-19-25(20-18-24)42-36(46)47-37(2,3)4;1-16-23(20-12-5-6-13-22(20)31(16)19-10-3-2-4-11-19)24-21(26)15-28-25(30-24)29-18-9-7-8-17(27)14-18;1-12(2,3)17-11(16)13-9-6-4-8(5-7-9)10(14)15;2*1-3-2/h5-9,13-20,22,26-27H,10-12,21H2,1-4H3,(H,40,45)(H,42,46)(H,39,41,43);2-6,10-13,15,17-18H,7-9,14,27H2,1H3,(H,28,29,30);4-7H,1-3H3,(H,13,16)(H,14,15);;/t26-,27+;17-,18+;;;/m00.../s1. The number of carbonyl (C=O) groups is 4. The summed E-state index contributed by atoms with van der Waals surface area (Å²) in [5.74, 6) is -0.0524. The molecule has 0 unspecified atom stereocenters. The molecule has 2 aliphatic carbocycles. The maximum Gasteiger partial charge on any atom is 0.412 e.